The first-order valence-electron chi connectivity index (χ1n) is 39.9. The van der Waals surface area contributed by atoms with Gasteiger partial charge in [-0.25, -0.2) is 9.59 Å². The predicted octanol–water partition coefficient (Wildman–Crippen LogP) is 13.6. The maximum atomic E-state index is 13.0. The van der Waals surface area contributed by atoms with Gasteiger partial charge in [-0.1, -0.05) is 210 Å². The second kappa shape index (κ2) is 40.9. The Morgan fingerprint density at radius 2 is 0.629 bits per heavy atom. The van der Waals surface area contributed by atoms with Crippen molar-refractivity contribution in [2.24, 2.45) is 22.9 Å². The number of hydrogen-bond donors (Lipinski definition) is 6. The van der Waals surface area contributed by atoms with E-state index in [1.807, 2.05) is 205 Å². The monoisotopic (exact) mass is 1670 g/mol. The predicted molar refractivity (Wildman–Crippen MR) is 469 cm³/mol. The molecule has 14 rings (SSSR count). The van der Waals surface area contributed by atoms with Crippen LogP contribution in [0.15, 0.2) is 243 Å². The Hall–Kier alpha value is -15.6. The number of ether oxygens (including phenoxy) is 4. The van der Waals surface area contributed by atoms with Gasteiger partial charge in [-0.3, -0.25) is 47.9 Å². The SMILES string of the molecule is CCc1c(C(=O)C(N)=O)c2c(OCC(=O)O)cccc2n1Cc1ccccc1.CCc1c(C(=O)C(N)=O)c2c(OCC(=O)O)cccn2c1Cc1ccccc1-c1ccccc1.CCc1c(C(=O)C(N)=O)c2c(OCC(C)=O)cccc2n1Cc1ccccc1.CCc1c(C(=O)C(N)=O)c2c(OCC(C)=O)cccn2c1Cc1ccccc1-c1ccccc1. The molecule has 0 aliphatic rings. The lowest BCUT2D eigenvalue weighted by Gasteiger charge is -2.12. The molecule has 4 amide bonds. The van der Waals surface area contributed by atoms with Gasteiger partial charge in [0.15, 0.2) is 24.8 Å². The number of fused-ring (bicyclic) bond motifs is 4. The van der Waals surface area contributed by atoms with Crippen LogP contribution in [-0.2, 0) is 90.0 Å². The molecule has 6 heterocycles. The minimum absolute atomic E-state index is 0.116. The third kappa shape index (κ3) is 20.1. The number of Topliss-reactive ketones (excluding diaryl/α,β-unsaturated/α-hetero) is 6. The van der Waals surface area contributed by atoms with E-state index in [1.165, 1.54) is 13.8 Å². The molecule has 8 aromatic carbocycles. The molecule has 14 aromatic rings. The van der Waals surface area contributed by atoms with E-state index >= 15 is 0 Å². The Balaban J connectivity index is 0.000000162. The lowest BCUT2D eigenvalue weighted by atomic mass is 9.94. The van der Waals surface area contributed by atoms with Crippen LogP contribution in [0, 0.1) is 0 Å². The summed E-state index contributed by atoms with van der Waals surface area (Å²) in [4.78, 5) is 143. The third-order valence-corrected chi connectivity index (χ3v) is 20.6. The summed E-state index contributed by atoms with van der Waals surface area (Å²) in [6.45, 7) is 10.1. The summed E-state index contributed by atoms with van der Waals surface area (Å²) in [5, 5.41) is 18.9. The van der Waals surface area contributed by atoms with Gasteiger partial charge in [-0.15, -0.1) is 0 Å². The number of aliphatic carboxylic acids is 2. The molecular formula is C98H92N8O18. The van der Waals surface area contributed by atoms with Gasteiger partial charge in [0.1, 0.15) is 36.2 Å². The molecule has 0 saturated heterocycles. The van der Waals surface area contributed by atoms with Crippen LogP contribution in [0.1, 0.15) is 139 Å². The lowest BCUT2D eigenvalue weighted by Crippen LogP contribution is -2.24. The Bertz CT molecular complexity index is 6030. The van der Waals surface area contributed by atoms with E-state index in [2.05, 4.69) is 24.3 Å². The molecule has 0 spiro atoms. The van der Waals surface area contributed by atoms with Crippen molar-refractivity contribution < 1.29 is 86.7 Å². The molecule has 632 valence electrons. The van der Waals surface area contributed by atoms with Crippen molar-refractivity contribution in [3.8, 4) is 45.3 Å². The normalized spacial score (nSPS) is 10.8. The van der Waals surface area contributed by atoms with Crippen LogP contribution >= 0.6 is 0 Å². The standard InChI is InChI=1S/C28H26N2O4.C27H24N2O5.C22H22N2O4.C21H20N2O5/c1-3-21-23(16-20-12-7-8-13-22(20)19-10-5-4-6-11-19)30-15-9-14-24(34-17-18(2)31)26(30)25(21)27(32)28(29)33;1-2-19-21(15-18-11-6-7-12-20(18)17-9-4-3-5-10-17)29-14-8-13-22(34-16-23(30)31)25(29)24(19)26(32)27(28)33;1-3-16-20(21(26)22(23)27)19-17(10-7-11-18(19)28-13-14(2)25)24(16)12-15-8-5-4-6-9-15;1-2-14-19(20(26)21(22)27)18-15(9-6-10-16(18)28-12-17(24)25)23(14)11-13-7-4-3-5-8-13/h4-15H,3,16-17H2,1-2H3,(H2,29,33);3-14H,2,15-16H2,1H3,(H2,28,33)(H,30,31);4-11H,3,12-13H2,1-2H3,(H2,23,27);3-10H,2,11-12H2,1H3,(H2,22,27)(H,24,25). The average molecular weight is 1670 g/mol. The number of hydrogen-bond acceptors (Lipinski definition) is 16. The van der Waals surface area contributed by atoms with Crippen LogP contribution in [0.3, 0.4) is 0 Å². The number of benzene rings is 8. The topological polar surface area (TPSA) is 405 Å². The summed E-state index contributed by atoms with van der Waals surface area (Å²) in [5.41, 5.74) is 37.4. The number of primary amides is 4. The van der Waals surface area contributed by atoms with E-state index in [0.29, 0.717) is 107 Å². The minimum atomic E-state index is -1.15. The fraction of sp³-hybridized carbons (Fsp3) is 0.184. The van der Waals surface area contributed by atoms with Crippen molar-refractivity contribution in [2.75, 3.05) is 26.4 Å². The third-order valence-electron chi connectivity index (χ3n) is 20.6. The molecule has 0 unspecified atom stereocenters. The van der Waals surface area contributed by atoms with E-state index in [-0.39, 0.29) is 58.5 Å². The van der Waals surface area contributed by atoms with Gasteiger partial charge >= 0.3 is 11.9 Å². The van der Waals surface area contributed by atoms with Gasteiger partial charge in [-0.05, 0) is 144 Å². The number of pyridine rings is 2. The quantitative estimate of drug-likeness (QED) is 0.0161. The smallest absolute Gasteiger partial charge is 0.341 e. The Kier molecular flexibility index (Phi) is 29.4. The van der Waals surface area contributed by atoms with E-state index in [4.69, 9.17) is 52.1 Å². The first-order chi connectivity index (χ1) is 59.7. The van der Waals surface area contributed by atoms with Crippen molar-refractivity contribution in [3.05, 3.63) is 321 Å². The first kappa shape index (κ1) is 89.2. The molecule has 0 saturated carbocycles. The zero-order valence-electron chi connectivity index (χ0n) is 69.1. The number of carboxylic acid groups (broad SMARTS) is 2. The summed E-state index contributed by atoms with van der Waals surface area (Å²) in [7, 11) is 0. The Morgan fingerprint density at radius 1 is 0.323 bits per heavy atom. The van der Waals surface area contributed by atoms with Crippen LogP contribution < -0.4 is 41.9 Å². The van der Waals surface area contributed by atoms with Crippen molar-refractivity contribution in [3.63, 3.8) is 0 Å². The largest absolute Gasteiger partial charge is 0.485 e. The molecule has 0 fully saturated rings. The molecular weight excluding hydrogens is 1580 g/mol. The van der Waals surface area contributed by atoms with E-state index < -0.39 is 71.9 Å². The van der Waals surface area contributed by atoms with Crippen molar-refractivity contribution >= 4 is 103 Å². The molecule has 0 atom stereocenters. The molecule has 0 aliphatic carbocycles. The van der Waals surface area contributed by atoms with E-state index in [0.717, 1.165) is 67.0 Å². The zero-order valence-corrected chi connectivity index (χ0v) is 69.1. The van der Waals surface area contributed by atoms with Gasteiger partial charge < -0.3 is 70.0 Å². The van der Waals surface area contributed by atoms with Gasteiger partial charge in [-0.2, -0.15) is 0 Å². The number of amides is 4. The molecule has 10 N–H and O–H groups in total. The summed E-state index contributed by atoms with van der Waals surface area (Å²) >= 11 is 0. The highest BCUT2D eigenvalue weighted by atomic mass is 16.5. The highest BCUT2D eigenvalue weighted by molar-refractivity contribution is 6.47. The van der Waals surface area contributed by atoms with Crippen LogP contribution in [0.5, 0.6) is 23.0 Å². The second-order valence-corrected chi connectivity index (χ2v) is 28.8. The second-order valence-electron chi connectivity index (χ2n) is 28.8. The van der Waals surface area contributed by atoms with Crippen LogP contribution in [0.4, 0.5) is 0 Å². The fourth-order valence-corrected chi connectivity index (χ4v) is 15.5. The number of carbonyl (C=O) groups is 12. The first-order valence-corrected chi connectivity index (χ1v) is 39.9. The van der Waals surface area contributed by atoms with E-state index in [1.54, 1.807) is 59.1 Å². The summed E-state index contributed by atoms with van der Waals surface area (Å²) in [6.07, 6.45) is 6.62. The Morgan fingerprint density at radius 3 is 0.960 bits per heavy atom. The molecule has 0 aliphatic heterocycles. The van der Waals surface area contributed by atoms with Crippen molar-refractivity contribution in [2.45, 2.75) is 93.2 Å². The van der Waals surface area contributed by atoms with Crippen LogP contribution in [-0.4, -0.2) is 125 Å². The fourth-order valence-electron chi connectivity index (χ4n) is 15.5. The number of ketones is 6. The number of nitrogens with zero attached hydrogens (tertiary/aromatic N) is 4. The molecule has 26 heteroatoms. The van der Waals surface area contributed by atoms with E-state index in [9.17, 15) is 57.5 Å². The van der Waals surface area contributed by atoms with Crippen molar-refractivity contribution in [1.29, 1.82) is 0 Å². The van der Waals surface area contributed by atoms with Gasteiger partial charge in [0.05, 0.1) is 55.1 Å². The molecule has 124 heavy (non-hydrogen) atoms. The number of carboxylic acids is 2. The molecule has 6 aromatic heterocycles. The average Bonchev–Trinajstić information content (AvgIpc) is 1.61. The van der Waals surface area contributed by atoms with Crippen LogP contribution in [0.2, 0.25) is 0 Å². The van der Waals surface area contributed by atoms with Crippen LogP contribution in [0.25, 0.3) is 55.1 Å². The maximum absolute atomic E-state index is 13.0. The maximum Gasteiger partial charge on any atom is 0.341 e. The van der Waals surface area contributed by atoms with Gasteiger partial charge in [0, 0.05) is 61.1 Å². The number of aromatic nitrogens is 4. The number of rotatable bonds is 34. The number of nitrogens with two attached hydrogens (primary N) is 4. The van der Waals surface area contributed by atoms with Crippen molar-refractivity contribution in [1.82, 2.24) is 17.9 Å². The number of carbonyl (C=O) groups excluding carboxylic acids is 10. The molecule has 26 nitrogen and oxygen atoms in total. The molecule has 0 bridgehead atoms. The molecule has 0 radical (unpaired) electrons. The highest BCUT2D eigenvalue weighted by Crippen LogP contribution is 2.41. The summed E-state index contributed by atoms with van der Waals surface area (Å²) < 4.78 is 29.9. The Labute approximate surface area is 713 Å². The summed E-state index contributed by atoms with van der Waals surface area (Å²) in [5.74, 6) is -8.77. The van der Waals surface area contributed by atoms with Gasteiger partial charge in [0.25, 0.3) is 46.8 Å². The summed E-state index contributed by atoms with van der Waals surface area (Å²) in [6, 6.07) is 73.0. The zero-order chi connectivity index (χ0) is 89.0. The minimum Gasteiger partial charge on any atom is -0.485 e. The van der Waals surface area contributed by atoms with Gasteiger partial charge in [0.2, 0.25) is 0 Å². The highest BCUT2D eigenvalue weighted by Gasteiger charge is 2.33. The lowest BCUT2D eigenvalue weighted by molar-refractivity contribution is -0.140.